The molecule has 2 aliphatic heterocycles. The summed E-state index contributed by atoms with van der Waals surface area (Å²) in [5.74, 6) is -0.405. The predicted octanol–water partition coefficient (Wildman–Crippen LogP) is 5.49. The number of alkyl halides is 3. The van der Waals surface area contributed by atoms with E-state index in [4.69, 9.17) is 35.8 Å². The summed E-state index contributed by atoms with van der Waals surface area (Å²) in [6.07, 6.45) is 1.58. The Bertz CT molecular complexity index is 1430. The molecule has 45 heavy (non-hydrogen) atoms. The second-order valence-corrected chi connectivity index (χ2v) is 12.2. The zero-order valence-electron chi connectivity index (χ0n) is 24.8. The number of amides is 1. The summed E-state index contributed by atoms with van der Waals surface area (Å²) < 4.78 is 66.9. The van der Waals surface area contributed by atoms with E-state index in [0.29, 0.717) is 74.2 Å². The number of anilines is 2. The molecule has 16 heteroatoms. The van der Waals surface area contributed by atoms with E-state index < -0.39 is 28.7 Å². The third-order valence-electron chi connectivity index (χ3n) is 7.90. The normalized spacial score (nSPS) is 17.1. The molecular formula is C29H36Cl2F3N5O5S. The smallest absolute Gasteiger partial charge is 0.356 e. The van der Waals surface area contributed by atoms with Crippen molar-refractivity contribution in [2.75, 3.05) is 36.0 Å². The van der Waals surface area contributed by atoms with Crippen molar-refractivity contribution in [3.05, 3.63) is 45.7 Å². The van der Waals surface area contributed by atoms with Crippen LogP contribution in [-0.2, 0) is 32.8 Å². The van der Waals surface area contributed by atoms with Crippen molar-refractivity contribution < 1.29 is 35.4 Å². The number of nitrogens with zero attached hydrogens (tertiary/aromatic N) is 4. The highest BCUT2D eigenvalue weighted by Crippen LogP contribution is 2.34. The van der Waals surface area contributed by atoms with Gasteiger partial charge in [0, 0.05) is 45.1 Å². The van der Waals surface area contributed by atoms with Gasteiger partial charge < -0.3 is 15.1 Å². The van der Waals surface area contributed by atoms with E-state index in [1.807, 2.05) is 17.9 Å². The van der Waals surface area contributed by atoms with Gasteiger partial charge in [-0.15, -0.1) is 12.6 Å². The van der Waals surface area contributed by atoms with E-state index in [-0.39, 0.29) is 23.3 Å². The number of benzene rings is 1. The molecule has 1 atom stereocenters. The highest BCUT2D eigenvalue weighted by Gasteiger charge is 2.39. The number of carbonyl (C=O) groups is 2. The third-order valence-corrected chi connectivity index (χ3v) is 8.64. The number of halogens is 5. The summed E-state index contributed by atoms with van der Waals surface area (Å²) in [6, 6.07) is 6.23. The maximum Gasteiger partial charge on any atom is 0.451 e. The molecule has 1 aromatic heterocycles. The molecule has 0 unspecified atom stereocenters. The monoisotopic (exact) mass is 693 g/mol. The van der Waals surface area contributed by atoms with Crippen LogP contribution in [0.25, 0.3) is 0 Å². The highest BCUT2D eigenvalue weighted by molar-refractivity contribution is 7.59. The Morgan fingerprint density at radius 2 is 1.67 bits per heavy atom. The standard InChI is InChI=1S/C29H36Cl2F3N5O2.O3S/c1-2-21(40)6-3-5-19-11-15-38(16-12-19)25-18-26(37-28(36-25)29(32,33)34)39-14-4-7-24(39)27(41)35-13-10-20-8-9-22(30)23(31)17-20;1-4(2)3/h8-9,17-19,24H,2-7,10-16H2,1H3,(H,35,41);/t24-;/m0./s1. The van der Waals surface area contributed by atoms with Crippen LogP contribution in [-0.4, -0.2) is 66.5 Å². The first-order valence-electron chi connectivity index (χ1n) is 14.8. The minimum atomic E-state index is -4.72. The molecular weight excluding hydrogens is 658 g/mol. The minimum absolute atomic E-state index is 0.115. The van der Waals surface area contributed by atoms with Crippen LogP contribution in [0.3, 0.4) is 0 Å². The topological polar surface area (TPSA) is 130 Å². The first kappa shape index (κ1) is 36.5. The fraction of sp³-hybridized carbons (Fsp3) is 0.586. The van der Waals surface area contributed by atoms with E-state index in [2.05, 4.69) is 15.3 Å². The van der Waals surface area contributed by atoms with Crippen LogP contribution in [0.1, 0.15) is 69.7 Å². The first-order valence-corrected chi connectivity index (χ1v) is 16.5. The van der Waals surface area contributed by atoms with Gasteiger partial charge >= 0.3 is 16.8 Å². The molecule has 2 aromatic rings. The SMILES string of the molecule is CCC(=O)CCCC1CCN(c2cc(N3CCC[C@H]3C(=O)NCCc3ccc(Cl)c(Cl)c3)nc(C(F)(F)F)n2)CC1.O=S(=O)=O. The fourth-order valence-corrected chi connectivity index (χ4v) is 5.85. The Morgan fingerprint density at radius 3 is 2.29 bits per heavy atom. The summed E-state index contributed by atoms with van der Waals surface area (Å²) in [5.41, 5.74) is 0.913. The number of piperidine rings is 1. The van der Waals surface area contributed by atoms with Gasteiger partial charge in [-0.2, -0.15) is 13.2 Å². The van der Waals surface area contributed by atoms with Gasteiger partial charge in [0.2, 0.25) is 11.7 Å². The molecule has 3 heterocycles. The van der Waals surface area contributed by atoms with E-state index in [0.717, 1.165) is 31.2 Å². The van der Waals surface area contributed by atoms with Gasteiger partial charge in [-0.1, -0.05) is 36.2 Å². The maximum atomic E-state index is 13.8. The molecule has 4 rings (SSSR count). The van der Waals surface area contributed by atoms with Gasteiger partial charge in [-0.05, 0) is 68.6 Å². The Labute approximate surface area is 271 Å². The number of Topliss-reactive ketones (excluding diaryl/α,β-unsaturated/α-hetero) is 1. The molecule has 248 valence electrons. The molecule has 0 bridgehead atoms. The van der Waals surface area contributed by atoms with Crippen LogP contribution in [0.15, 0.2) is 24.3 Å². The first-order chi connectivity index (χ1) is 21.3. The number of aromatic nitrogens is 2. The average Bonchev–Trinajstić information content (AvgIpc) is 3.49. The van der Waals surface area contributed by atoms with Gasteiger partial charge in [-0.3, -0.25) is 9.59 Å². The second kappa shape index (κ2) is 17.1. The largest absolute Gasteiger partial charge is 0.451 e. The number of nitrogens with one attached hydrogen (secondary N) is 1. The average molecular weight is 695 g/mol. The van der Waals surface area contributed by atoms with Crippen molar-refractivity contribution in [1.82, 2.24) is 15.3 Å². The molecule has 2 fully saturated rings. The lowest BCUT2D eigenvalue weighted by molar-refractivity contribution is -0.144. The van der Waals surface area contributed by atoms with Crippen molar-refractivity contribution >= 4 is 57.1 Å². The van der Waals surface area contributed by atoms with Gasteiger partial charge in [-0.25, -0.2) is 9.97 Å². The molecule has 2 aliphatic rings. The van der Waals surface area contributed by atoms with Crippen molar-refractivity contribution in [3.63, 3.8) is 0 Å². The zero-order chi connectivity index (χ0) is 33.1. The van der Waals surface area contributed by atoms with Crippen molar-refractivity contribution in [1.29, 1.82) is 0 Å². The molecule has 0 saturated carbocycles. The van der Waals surface area contributed by atoms with Crippen LogP contribution < -0.4 is 15.1 Å². The number of carbonyl (C=O) groups excluding carboxylic acids is 2. The Hall–Kier alpha value is -2.97. The lowest BCUT2D eigenvalue weighted by Crippen LogP contribution is -2.44. The van der Waals surface area contributed by atoms with Crippen LogP contribution >= 0.6 is 23.2 Å². The predicted molar refractivity (Wildman–Crippen MR) is 164 cm³/mol. The lowest BCUT2D eigenvalue weighted by atomic mass is 9.91. The summed E-state index contributed by atoms with van der Waals surface area (Å²) in [6.45, 7) is 3.81. The Kier molecular flexibility index (Phi) is 13.9. The van der Waals surface area contributed by atoms with Crippen LogP contribution in [0.4, 0.5) is 24.8 Å². The number of hydrogen-bond donors (Lipinski definition) is 1. The number of ketones is 1. The van der Waals surface area contributed by atoms with Crippen LogP contribution in [0, 0.1) is 5.92 Å². The van der Waals surface area contributed by atoms with Crippen molar-refractivity contribution in [3.8, 4) is 0 Å². The Balaban J connectivity index is 0.00000130. The second-order valence-electron chi connectivity index (χ2n) is 11.0. The van der Waals surface area contributed by atoms with Gasteiger partial charge in [0.25, 0.3) is 0 Å². The van der Waals surface area contributed by atoms with Crippen molar-refractivity contribution in [2.24, 2.45) is 5.92 Å². The number of hydrogen-bond acceptors (Lipinski definition) is 9. The van der Waals surface area contributed by atoms with Crippen LogP contribution in [0.2, 0.25) is 10.0 Å². The molecule has 0 radical (unpaired) electrons. The van der Waals surface area contributed by atoms with E-state index in [9.17, 15) is 22.8 Å². The highest BCUT2D eigenvalue weighted by atomic mass is 35.5. The fourth-order valence-electron chi connectivity index (χ4n) is 5.53. The molecule has 1 N–H and O–H groups in total. The van der Waals surface area contributed by atoms with Gasteiger partial charge in [0.05, 0.1) is 10.0 Å². The number of rotatable bonds is 11. The molecule has 2 saturated heterocycles. The summed E-state index contributed by atoms with van der Waals surface area (Å²) in [7, 11) is -3.11. The quantitative estimate of drug-likeness (QED) is 0.325. The molecule has 0 aliphatic carbocycles. The molecule has 0 spiro atoms. The van der Waals surface area contributed by atoms with E-state index in [1.54, 1.807) is 23.1 Å². The summed E-state index contributed by atoms with van der Waals surface area (Å²) in [5, 5.41) is 3.80. The van der Waals surface area contributed by atoms with Gasteiger partial charge in [0.1, 0.15) is 23.5 Å². The Morgan fingerprint density at radius 1 is 1.00 bits per heavy atom. The third kappa shape index (κ3) is 11.4. The van der Waals surface area contributed by atoms with Crippen molar-refractivity contribution in [2.45, 2.75) is 76.9 Å². The molecule has 10 nitrogen and oxygen atoms in total. The van der Waals surface area contributed by atoms with E-state index in [1.165, 1.54) is 0 Å². The summed E-state index contributed by atoms with van der Waals surface area (Å²) >= 11 is 12.0. The maximum absolute atomic E-state index is 13.8. The summed E-state index contributed by atoms with van der Waals surface area (Å²) in [4.78, 5) is 36.0. The van der Waals surface area contributed by atoms with Crippen LogP contribution in [0.5, 0.6) is 0 Å². The molecule has 1 aromatic carbocycles. The van der Waals surface area contributed by atoms with Gasteiger partial charge in [0.15, 0.2) is 0 Å². The minimum Gasteiger partial charge on any atom is -0.356 e. The molecule has 1 amide bonds. The van der Waals surface area contributed by atoms with E-state index >= 15 is 0 Å². The lowest BCUT2D eigenvalue weighted by Gasteiger charge is -2.34. The zero-order valence-corrected chi connectivity index (χ0v) is 27.1.